The predicted octanol–water partition coefficient (Wildman–Crippen LogP) is 2.28. The fourth-order valence-corrected chi connectivity index (χ4v) is 1.16. The summed E-state index contributed by atoms with van der Waals surface area (Å²) in [7, 11) is 0. The molecule has 0 bridgehead atoms. The molecule has 2 N–H and O–H groups in total. The molecule has 66 valence electrons. The van der Waals surface area contributed by atoms with Crippen molar-refractivity contribution >= 4 is 5.69 Å². The summed E-state index contributed by atoms with van der Waals surface area (Å²) >= 11 is 0. The molecule has 12 heavy (non-hydrogen) atoms. The summed E-state index contributed by atoms with van der Waals surface area (Å²) in [6.45, 7) is 6.67. The maximum absolute atomic E-state index is 5.74. The van der Waals surface area contributed by atoms with Gasteiger partial charge in [0.1, 0.15) is 5.75 Å². The molecule has 1 rings (SSSR count). The van der Waals surface area contributed by atoms with Crippen molar-refractivity contribution in [1.29, 1.82) is 0 Å². The molecule has 0 radical (unpaired) electrons. The highest BCUT2D eigenvalue weighted by Gasteiger charge is 2.01. The molecule has 0 saturated carbocycles. The van der Waals surface area contributed by atoms with Gasteiger partial charge in [-0.25, -0.2) is 0 Å². The third-order valence-corrected chi connectivity index (χ3v) is 1.86. The standard InChI is InChI=1S/C10H15NO/c1-4-12-10-6-9(11)7(2)5-8(10)3/h5-6H,4,11H2,1-3H3. The number of hydrogen-bond donors (Lipinski definition) is 1. The molecule has 2 heteroatoms. The second-order valence-electron chi connectivity index (χ2n) is 2.91. The summed E-state index contributed by atoms with van der Waals surface area (Å²) in [5.41, 5.74) is 8.78. The van der Waals surface area contributed by atoms with Crippen LogP contribution in [0.4, 0.5) is 5.69 Å². The third kappa shape index (κ3) is 1.70. The van der Waals surface area contributed by atoms with E-state index in [1.165, 1.54) is 0 Å². The van der Waals surface area contributed by atoms with Gasteiger partial charge in [-0.1, -0.05) is 6.07 Å². The lowest BCUT2D eigenvalue weighted by molar-refractivity contribution is 0.338. The van der Waals surface area contributed by atoms with Crippen LogP contribution in [0, 0.1) is 13.8 Å². The molecular weight excluding hydrogens is 150 g/mol. The minimum Gasteiger partial charge on any atom is -0.494 e. The van der Waals surface area contributed by atoms with Gasteiger partial charge in [0, 0.05) is 11.8 Å². The van der Waals surface area contributed by atoms with E-state index in [-0.39, 0.29) is 0 Å². The van der Waals surface area contributed by atoms with E-state index in [4.69, 9.17) is 10.5 Å². The first-order chi connectivity index (χ1) is 5.65. The summed E-state index contributed by atoms with van der Waals surface area (Å²) < 4.78 is 5.39. The number of hydrogen-bond acceptors (Lipinski definition) is 2. The molecule has 0 atom stereocenters. The van der Waals surface area contributed by atoms with E-state index < -0.39 is 0 Å². The summed E-state index contributed by atoms with van der Waals surface area (Å²) in [5.74, 6) is 0.889. The van der Waals surface area contributed by atoms with Crippen molar-refractivity contribution in [1.82, 2.24) is 0 Å². The van der Waals surface area contributed by atoms with Crippen molar-refractivity contribution in [3.05, 3.63) is 23.3 Å². The van der Waals surface area contributed by atoms with Crippen molar-refractivity contribution in [3.8, 4) is 5.75 Å². The van der Waals surface area contributed by atoms with Gasteiger partial charge in [-0.3, -0.25) is 0 Å². The molecule has 0 aliphatic rings. The Kier molecular flexibility index (Phi) is 2.58. The topological polar surface area (TPSA) is 35.2 Å². The molecule has 0 aromatic heterocycles. The van der Waals surface area contributed by atoms with E-state index in [1.54, 1.807) is 0 Å². The second kappa shape index (κ2) is 3.48. The number of benzene rings is 1. The van der Waals surface area contributed by atoms with Crippen LogP contribution < -0.4 is 10.5 Å². The Labute approximate surface area is 73.3 Å². The van der Waals surface area contributed by atoms with Gasteiger partial charge < -0.3 is 10.5 Å². The van der Waals surface area contributed by atoms with E-state index in [0.29, 0.717) is 6.61 Å². The SMILES string of the molecule is CCOc1cc(N)c(C)cc1C. The number of aryl methyl sites for hydroxylation is 2. The number of nitrogen functional groups attached to an aromatic ring is 1. The normalized spacial score (nSPS) is 9.92. The highest BCUT2D eigenvalue weighted by molar-refractivity contribution is 5.54. The Hall–Kier alpha value is -1.18. The van der Waals surface area contributed by atoms with Gasteiger partial charge in [0.2, 0.25) is 0 Å². The van der Waals surface area contributed by atoms with Crippen molar-refractivity contribution in [3.63, 3.8) is 0 Å². The van der Waals surface area contributed by atoms with Crippen molar-refractivity contribution in [2.45, 2.75) is 20.8 Å². The summed E-state index contributed by atoms with van der Waals surface area (Å²) in [5, 5.41) is 0. The van der Waals surface area contributed by atoms with Gasteiger partial charge in [-0.05, 0) is 31.9 Å². The first-order valence-electron chi connectivity index (χ1n) is 4.14. The molecule has 0 aliphatic heterocycles. The van der Waals surface area contributed by atoms with E-state index in [0.717, 1.165) is 22.6 Å². The Morgan fingerprint density at radius 1 is 1.25 bits per heavy atom. The fourth-order valence-electron chi connectivity index (χ4n) is 1.16. The number of nitrogens with two attached hydrogens (primary N) is 1. The summed E-state index contributed by atoms with van der Waals surface area (Å²) in [6.07, 6.45) is 0. The summed E-state index contributed by atoms with van der Waals surface area (Å²) in [4.78, 5) is 0. The lowest BCUT2D eigenvalue weighted by Crippen LogP contribution is -1.97. The molecule has 0 spiro atoms. The quantitative estimate of drug-likeness (QED) is 0.682. The number of rotatable bonds is 2. The fraction of sp³-hybridized carbons (Fsp3) is 0.400. The van der Waals surface area contributed by atoms with Gasteiger partial charge in [0.25, 0.3) is 0 Å². The molecule has 0 fully saturated rings. The Morgan fingerprint density at radius 2 is 1.92 bits per heavy atom. The molecule has 2 nitrogen and oxygen atoms in total. The van der Waals surface area contributed by atoms with E-state index in [1.807, 2.05) is 32.9 Å². The second-order valence-corrected chi connectivity index (χ2v) is 2.91. The molecule has 0 heterocycles. The zero-order valence-corrected chi connectivity index (χ0v) is 7.85. The van der Waals surface area contributed by atoms with Gasteiger partial charge in [0.15, 0.2) is 0 Å². The van der Waals surface area contributed by atoms with Gasteiger partial charge in [-0.15, -0.1) is 0 Å². The zero-order chi connectivity index (χ0) is 9.14. The van der Waals surface area contributed by atoms with E-state index >= 15 is 0 Å². The van der Waals surface area contributed by atoms with Crippen LogP contribution in [-0.2, 0) is 0 Å². The summed E-state index contributed by atoms with van der Waals surface area (Å²) in [6, 6.07) is 3.93. The van der Waals surface area contributed by atoms with Crippen molar-refractivity contribution < 1.29 is 4.74 Å². The van der Waals surface area contributed by atoms with Crippen LogP contribution in [0.3, 0.4) is 0 Å². The van der Waals surface area contributed by atoms with Gasteiger partial charge in [0.05, 0.1) is 6.61 Å². The van der Waals surface area contributed by atoms with Crippen LogP contribution in [0.15, 0.2) is 12.1 Å². The maximum atomic E-state index is 5.74. The largest absolute Gasteiger partial charge is 0.494 e. The zero-order valence-electron chi connectivity index (χ0n) is 7.85. The molecule has 0 saturated heterocycles. The highest BCUT2D eigenvalue weighted by Crippen LogP contribution is 2.24. The minimum atomic E-state index is 0.684. The maximum Gasteiger partial charge on any atom is 0.124 e. The predicted molar refractivity (Wildman–Crippen MR) is 51.5 cm³/mol. The average molecular weight is 165 g/mol. The smallest absolute Gasteiger partial charge is 0.124 e. The molecule has 0 aliphatic carbocycles. The van der Waals surface area contributed by atoms with Gasteiger partial charge >= 0.3 is 0 Å². The first kappa shape index (κ1) is 8.91. The molecule has 0 unspecified atom stereocenters. The van der Waals surface area contributed by atoms with E-state index in [2.05, 4.69) is 0 Å². The highest BCUT2D eigenvalue weighted by atomic mass is 16.5. The average Bonchev–Trinajstić information content (AvgIpc) is 2.01. The third-order valence-electron chi connectivity index (χ3n) is 1.86. The Bertz CT molecular complexity index is 281. The number of ether oxygens (including phenoxy) is 1. The van der Waals surface area contributed by atoms with Crippen LogP contribution >= 0.6 is 0 Å². The van der Waals surface area contributed by atoms with Crippen molar-refractivity contribution in [2.24, 2.45) is 0 Å². The van der Waals surface area contributed by atoms with Crippen LogP contribution in [-0.4, -0.2) is 6.61 Å². The van der Waals surface area contributed by atoms with E-state index in [9.17, 15) is 0 Å². The minimum absolute atomic E-state index is 0.684. The van der Waals surface area contributed by atoms with Crippen LogP contribution in [0.5, 0.6) is 5.75 Å². The first-order valence-corrected chi connectivity index (χ1v) is 4.14. The van der Waals surface area contributed by atoms with Crippen LogP contribution in [0.2, 0.25) is 0 Å². The lowest BCUT2D eigenvalue weighted by Gasteiger charge is -2.09. The number of anilines is 1. The monoisotopic (exact) mass is 165 g/mol. The van der Waals surface area contributed by atoms with Crippen LogP contribution in [0.1, 0.15) is 18.1 Å². The molecule has 0 amide bonds. The lowest BCUT2D eigenvalue weighted by atomic mass is 10.1. The Balaban J connectivity index is 3.05. The van der Waals surface area contributed by atoms with Crippen LogP contribution in [0.25, 0.3) is 0 Å². The molecule has 1 aromatic carbocycles. The molecule has 1 aromatic rings. The van der Waals surface area contributed by atoms with Gasteiger partial charge in [-0.2, -0.15) is 0 Å². The molecular formula is C10H15NO. The van der Waals surface area contributed by atoms with Crippen molar-refractivity contribution in [2.75, 3.05) is 12.3 Å². The Morgan fingerprint density at radius 3 is 2.50 bits per heavy atom.